The fraction of sp³-hybridized carbons (Fsp3) is 0.421. The van der Waals surface area contributed by atoms with Gasteiger partial charge in [0.2, 0.25) is 0 Å². The average molecular weight is 339 g/mol. The van der Waals surface area contributed by atoms with Crippen LogP contribution < -0.4 is 15.5 Å². The van der Waals surface area contributed by atoms with Gasteiger partial charge in [-0.15, -0.1) is 10.2 Å². The summed E-state index contributed by atoms with van der Waals surface area (Å²) in [5.41, 5.74) is 2.27. The zero-order valence-electron chi connectivity index (χ0n) is 14.8. The molecule has 1 fully saturated rings. The van der Waals surface area contributed by atoms with Crippen LogP contribution in [0.3, 0.4) is 0 Å². The molecule has 2 aromatic rings. The minimum absolute atomic E-state index is 0.253. The number of aromatic nitrogens is 2. The normalized spacial score (nSPS) is 14.0. The number of carbonyl (C=O) groups is 1. The number of nitrogens with zero attached hydrogens (tertiary/aromatic N) is 3. The summed E-state index contributed by atoms with van der Waals surface area (Å²) in [6.45, 7) is 7.29. The third-order valence-corrected chi connectivity index (χ3v) is 4.18. The van der Waals surface area contributed by atoms with Crippen molar-refractivity contribution in [2.75, 3.05) is 35.2 Å². The molecule has 1 saturated heterocycles. The van der Waals surface area contributed by atoms with E-state index in [9.17, 15) is 4.79 Å². The van der Waals surface area contributed by atoms with Gasteiger partial charge in [-0.3, -0.25) is 4.79 Å². The van der Waals surface area contributed by atoms with E-state index in [1.54, 1.807) is 12.1 Å². The minimum atomic E-state index is -0.253. The molecular weight excluding hydrogens is 314 g/mol. The van der Waals surface area contributed by atoms with Crippen molar-refractivity contribution < 1.29 is 4.79 Å². The first-order valence-electron chi connectivity index (χ1n) is 8.86. The Bertz CT molecular complexity index is 691. The Balaban J connectivity index is 1.57. The Morgan fingerprint density at radius 1 is 1.08 bits per heavy atom. The maximum Gasteiger partial charge on any atom is 0.276 e. The Hall–Kier alpha value is -2.63. The largest absolute Gasteiger partial charge is 0.372 e. The lowest BCUT2D eigenvalue weighted by Crippen LogP contribution is -2.18. The molecule has 0 spiro atoms. The number of anilines is 3. The number of hydrogen-bond donors (Lipinski definition) is 2. The zero-order valence-corrected chi connectivity index (χ0v) is 14.8. The molecule has 0 unspecified atom stereocenters. The van der Waals surface area contributed by atoms with Crippen molar-refractivity contribution in [1.29, 1.82) is 0 Å². The summed E-state index contributed by atoms with van der Waals surface area (Å²) >= 11 is 0. The lowest BCUT2D eigenvalue weighted by Gasteiger charge is -2.17. The van der Waals surface area contributed by atoms with Crippen LogP contribution in [0.15, 0.2) is 36.4 Å². The maximum absolute atomic E-state index is 12.3. The minimum Gasteiger partial charge on any atom is -0.372 e. The van der Waals surface area contributed by atoms with Gasteiger partial charge < -0.3 is 15.5 Å². The molecular formula is C19H25N5O. The molecule has 25 heavy (non-hydrogen) atoms. The van der Waals surface area contributed by atoms with Crippen LogP contribution in [0.4, 0.5) is 17.2 Å². The molecule has 1 aliphatic rings. The van der Waals surface area contributed by atoms with E-state index in [-0.39, 0.29) is 5.91 Å². The lowest BCUT2D eigenvalue weighted by molar-refractivity contribution is 0.102. The molecule has 6 nitrogen and oxygen atoms in total. The lowest BCUT2D eigenvalue weighted by atomic mass is 10.2. The van der Waals surface area contributed by atoms with Crippen molar-refractivity contribution in [3.05, 3.63) is 42.1 Å². The highest BCUT2D eigenvalue weighted by molar-refractivity contribution is 6.02. The predicted molar refractivity (Wildman–Crippen MR) is 101 cm³/mol. The van der Waals surface area contributed by atoms with E-state index < -0.39 is 0 Å². The summed E-state index contributed by atoms with van der Waals surface area (Å²) < 4.78 is 0. The maximum atomic E-state index is 12.3. The molecule has 6 heteroatoms. The molecule has 0 radical (unpaired) electrons. The fourth-order valence-electron chi connectivity index (χ4n) is 2.78. The quantitative estimate of drug-likeness (QED) is 0.844. The smallest absolute Gasteiger partial charge is 0.276 e. The van der Waals surface area contributed by atoms with Gasteiger partial charge in [-0.2, -0.15) is 0 Å². The zero-order chi connectivity index (χ0) is 17.6. The van der Waals surface area contributed by atoms with Gasteiger partial charge >= 0.3 is 0 Å². The van der Waals surface area contributed by atoms with E-state index in [1.165, 1.54) is 18.5 Å². The van der Waals surface area contributed by atoms with Gasteiger partial charge in [0.05, 0.1) is 0 Å². The Morgan fingerprint density at radius 2 is 1.80 bits per heavy atom. The van der Waals surface area contributed by atoms with Crippen LogP contribution in [0.2, 0.25) is 0 Å². The molecule has 1 aromatic heterocycles. The molecule has 0 aliphatic carbocycles. The third-order valence-electron chi connectivity index (χ3n) is 4.18. The van der Waals surface area contributed by atoms with Crippen molar-refractivity contribution in [2.24, 2.45) is 5.92 Å². The molecule has 132 valence electrons. The number of amides is 1. The summed E-state index contributed by atoms with van der Waals surface area (Å²) in [6.07, 6.45) is 2.50. The Labute approximate surface area is 148 Å². The molecule has 1 aromatic carbocycles. The molecule has 2 N–H and O–H groups in total. The molecule has 0 atom stereocenters. The van der Waals surface area contributed by atoms with Gasteiger partial charge in [-0.1, -0.05) is 13.8 Å². The molecule has 2 heterocycles. The first-order chi connectivity index (χ1) is 12.1. The van der Waals surface area contributed by atoms with Crippen LogP contribution in [0.1, 0.15) is 37.2 Å². The van der Waals surface area contributed by atoms with Crippen molar-refractivity contribution in [1.82, 2.24) is 10.2 Å². The highest BCUT2D eigenvalue weighted by atomic mass is 16.1. The van der Waals surface area contributed by atoms with Gasteiger partial charge in [0, 0.05) is 31.0 Å². The highest BCUT2D eigenvalue weighted by Crippen LogP contribution is 2.22. The van der Waals surface area contributed by atoms with Crippen LogP contribution in [0, 0.1) is 5.92 Å². The summed E-state index contributed by atoms with van der Waals surface area (Å²) in [7, 11) is 0. The van der Waals surface area contributed by atoms with Crippen molar-refractivity contribution in [3.63, 3.8) is 0 Å². The van der Waals surface area contributed by atoms with E-state index in [0.717, 1.165) is 25.3 Å². The third kappa shape index (κ3) is 4.68. The Kier molecular flexibility index (Phi) is 5.48. The van der Waals surface area contributed by atoms with Gasteiger partial charge in [-0.05, 0) is 55.2 Å². The second-order valence-corrected chi connectivity index (χ2v) is 6.77. The number of benzene rings is 1. The van der Waals surface area contributed by atoms with Gasteiger partial charge in [0.1, 0.15) is 5.82 Å². The second kappa shape index (κ2) is 7.96. The van der Waals surface area contributed by atoms with Crippen LogP contribution in [0.5, 0.6) is 0 Å². The van der Waals surface area contributed by atoms with Gasteiger partial charge in [0.25, 0.3) is 5.91 Å². The standard InChI is InChI=1S/C19H25N5O/c1-14(2)13-20-18-10-9-17(22-23-18)19(25)21-15-5-7-16(8-6-15)24-11-3-4-12-24/h5-10,14H,3-4,11-13H2,1-2H3,(H,20,23)(H,21,25). The summed E-state index contributed by atoms with van der Waals surface area (Å²) in [5.74, 6) is 0.949. The monoisotopic (exact) mass is 339 g/mol. The fourth-order valence-corrected chi connectivity index (χ4v) is 2.78. The first kappa shape index (κ1) is 17.2. The summed E-state index contributed by atoms with van der Waals surface area (Å²) in [5, 5.41) is 14.1. The highest BCUT2D eigenvalue weighted by Gasteiger charge is 2.13. The van der Waals surface area contributed by atoms with E-state index in [4.69, 9.17) is 0 Å². The molecule has 1 amide bonds. The van der Waals surface area contributed by atoms with E-state index in [2.05, 4.69) is 39.6 Å². The predicted octanol–water partition coefficient (Wildman–Crippen LogP) is 3.40. The van der Waals surface area contributed by atoms with E-state index in [1.807, 2.05) is 24.3 Å². The SMILES string of the molecule is CC(C)CNc1ccc(C(=O)Nc2ccc(N3CCCC3)cc2)nn1. The van der Waals surface area contributed by atoms with E-state index >= 15 is 0 Å². The van der Waals surface area contributed by atoms with Crippen molar-refractivity contribution in [3.8, 4) is 0 Å². The average Bonchev–Trinajstić information content (AvgIpc) is 3.15. The van der Waals surface area contributed by atoms with Crippen molar-refractivity contribution in [2.45, 2.75) is 26.7 Å². The van der Waals surface area contributed by atoms with Gasteiger partial charge in [0.15, 0.2) is 5.69 Å². The first-order valence-corrected chi connectivity index (χ1v) is 8.86. The summed E-state index contributed by atoms with van der Waals surface area (Å²) in [6, 6.07) is 11.4. The summed E-state index contributed by atoms with van der Waals surface area (Å²) in [4.78, 5) is 14.6. The molecule has 0 saturated carbocycles. The number of rotatable bonds is 6. The van der Waals surface area contributed by atoms with Crippen LogP contribution in [0.25, 0.3) is 0 Å². The van der Waals surface area contributed by atoms with Crippen molar-refractivity contribution >= 4 is 23.1 Å². The Morgan fingerprint density at radius 3 is 2.40 bits per heavy atom. The number of hydrogen-bond acceptors (Lipinski definition) is 5. The van der Waals surface area contributed by atoms with Crippen LogP contribution in [-0.2, 0) is 0 Å². The second-order valence-electron chi connectivity index (χ2n) is 6.77. The molecule has 1 aliphatic heterocycles. The van der Waals surface area contributed by atoms with E-state index in [0.29, 0.717) is 17.4 Å². The molecule has 0 bridgehead atoms. The van der Waals surface area contributed by atoms with Gasteiger partial charge in [-0.25, -0.2) is 0 Å². The van der Waals surface area contributed by atoms with Crippen LogP contribution in [-0.4, -0.2) is 35.7 Å². The van der Waals surface area contributed by atoms with Crippen LogP contribution >= 0.6 is 0 Å². The number of nitrogens with one attached hydrogen (secondary N) is 2. The topological polar surface area (TPSA) is 70.2 Å². The molecule has 3 rings (SSSR count). The number of carbonyl (C=O) groups excluding carboxylic acids is 1.